The minimum atomic E-state index is 0. The molecule has 0 heterocycles. The molecular formula is C16H34ClPPd-. The predicted molar refractivity (Wildman–Crippen MR) is 86.4 cm³/mol. The third-order valence-electron chi connectivity index (χ3n) is 2.25. The van der Waals surface area contributed by atoms with Crippen molar-refractivity contribution in [1.82, 2.24) is 0 Å². The molecule has 0 aromatic heterocycles. The molecule has 0 amide bonds. The number of hydrogen-bond acceptors (Lipinski definition) is 0. The van der Waals surface area contributed by atoms with Gasteiger partial charge in [0.2, 0.25) is 0 Å². The van der Waals surface area contributed by atoms with Gasteiger partial charge in [0, 0.05) is 20.4 Å². The second-order valence-electron chi connectivity index (χ2n) is 7.42. The van der Waals surface area contributed by atoms with Crippen LogP contribution in [0.15, 0.2) is 12.2 Å². The first-order valence-corrected chi connectivity index (χ1v) is 7.83. The van der Waals surface area contributed by atoms with Crippen LogP contribution in [0.25, 0.3) is 0 Å². The Morgan fingerprint density at radius 3 is 0.895 bits per heavy atom. The molecule has 3 heteroatoms. The van der Waals surface area contributed by atoms with Gasteiger partial charge >= 0.3 is 0 Å². The van der Waals surface area contributed by atoms with Gasteiger partial charge in [-0.1, -0.05) is 82.4 Å². The smallest absolute Gasteiger partial charge is 0 e. The van der Waals surface area contributed by atoms with Crippen molar-refractivity contribution in [3.05, 3.63) is 19.1 Å². The largest absolute Gasteiger partial charge is 1.00 e. The fourth-order valence-corrected chi connectivity index (χ4v) is 9.06. The van der Waals surface area contributed by atoms with Crippen molar-refractivity contribution in [3.63, 3.8) is 0 Å². The summed E-state index contributed by atoms with van der Waals surface area (Å²) >= 11 is 0. The number of allylic oxidation sites excluding steroid dienone is 2. The molecule has 0 saturated carbocycles. The Labute approximate surface area is 144 Å². The summed E-state index contributed by atoms with van der Waals surface area (Å²) in [5.41, 5.74) is 0. The molecule has 0 aromatic carbocycles. The van der Waals surface area contributed by atoms with Crippen LogP contribution in [0, 0.1) is 6.92 Å². The van der Waals surface area contributed by atoms with E-state index in [1.807, 2.05) is 13.0 Å². The third kappa shape index (κ3) is 13.8. The third-order valence-corrected chi connectivity index (χ3v) is 6.27. The van der Waals surface area contributed by atoms with Crippen molar-refractivity contribution < 1.29 is 32.8 Å². The van der Waals surface area contributed by atoms with E-state index in [0.717, 1.165) is 0 Å². The van der Waals surface area contributed by atoms with Gasteiger partial charge < -0.3 is 12.4 Å². The van der Waals surface area contributed by atoms with Crippen molar-refractivity contribution in [2.75, 3.05) is 0 Å². The molecule has 0 aliphatic heterocycles. The predicted octanol–water partition coefficient (Wildman–Crippen LogP) is 3.26. The van der Waals surface area contributed by atoms with E-state index < -0.39 is 0 Å². The average molecular weight is 399 g/mol. The maximum absolute atomic E-state index is 3.42. The minimum absolute atomic E-state index is 0. The molecule has 0 unspecified atom stereocenters. The molecule has 0 aliphatic rings. The summed E-state index contributed by atoms with van der Waals surface area (Å²) in [4.78, 5) is 0. The van der Waals surface area contributed by atoms with Crippen LogP contribution in [-0.4, -0.2) is 15.5 Å². The Morgan fingerprint density at radius 2 is 0.895 bits per heavy atom. The molecular weight excluding hydrogens is 365 g/mol. The Hall–Kier alpha value is 1.12. The van der Waals surface area contributed by atoms with E-state index in [1.165, 1.54) is 0 Å². The SMILES string of the molecule is CC(C)(C)P(C(C)(C)C)C(C)(C)C.[CH2]/C=C/C.[Cl-].[Pd]. The fourth-order valence-electron chi connectivity index (χ4n) is 3.02. The quantitative estimate of drug-likeness (QED) is 0.433. The number of rotatable bonds is 0. The normalized spacial score (nSPS) is 12.4. The van der Waals surface area contributed by atoms with Gasteiger partial charge in [-0.05, 0) is 29.3 Å². The van der Waals surface area contributed by atoms with Gasteiger partial charge in [0.25, 0.3) is 0 Å². The van der Waals surface area contributed by atoms with Crippen LogP contribution in [0.2, 0.25) is 0 Å². The second kappa shape index (κ2) is 10.8. The molecule has 0 N–H and O–H groups in total. The molecule has 121 valence electrons. The maximum Gasteiger partial charge on any atom is 0 e. The maximum atomic E-state index is 3.42. The number of halogens is 1. The summed E-state index contributed by atoms with van der Waals surface area (Å²) in [5, 5.41) is 1.35. The van der Waals surface area contributed by atoms with E-state index in [-0.39, 0.29) is 40.8 Å². The zero-order valence-electron chi connectivity index (χ0n) is 14.5. The van der Waals surface area contributed by atoms with Crippen LogP contribution in [0.1, 0.15) is 69.2 Å². The van der Waals surface area contributed by atoms with E-state index in [9.17, 15) is 0 Å². The topological polar surface area (TPSA) is 0 Å². The van der Waals surface area contributed by atoms with Crippen molar-refractivity contribution >= 4 is 7.92 Å². The van der Waals surface area contributed by atoms with Gasteiger partial charge in [-0.15, -0.1) is 0 Å². The summed E-state index contributed by atoms with van der Waals surface area (Å²) in [6, 6.07) is 0. The van der Waals surface area contributed by atoms with Gasteiger partial charge in [0.1, 0.15) is 0 Å². The Morgan fingerprint density at radius 1 is 0.737 bits per heavy atom. The van der Waals surface area contributed by atoms with Gasteiger partial charge in [0.15, 0.2) is 0 Å². The van der Waals surface area contributed by atoms with Crippen LogP contribution in [0.3, 0.4) is 0 Å². The van der Waals surface area contributed by atoms with E-state index in [1.54, 1.807) is 6.08 Å². The molecule has 0 fully saturated rings. The summed E-state index contributed by atoms with van der Waals surface area (Å²) in [7, 11) is 0.0162. The van der Waals surface area contributed by atoms with Crippen molar-refractivity contribution in [1.29, 1.82) is 0 Å². The monoisotopic (exact) mass is 398 g/mol. The van der Waals surface area contributed by atoms with Crippen LogP contribution in [0.4, 0.5) is 0 Å². The van der Waals surface area contributed by atoms with E-state index in [0.29, 0.717) is 15.5 Å². The zero-order chi connectivity index (χ0) is 14.5. The van der Waals surface area contributed by atoms with Gasteiger partial charge in [-0.3, -0.25) is 0 Å². The Balaban J connectivity index is -0.000000165. The Kier molecular flexibility index (Phi) is 16.1. The zero-order valence-corrected chi connectivity index (χ0v) is 17.7. The molecule has 0 atom stereocenters. The molecule has 19 heavy (non-hydrogen) atoms. The van der Waals surface area contributed by atoms with E-state index in [2.05, 4.69) is 69.2 Å². The molecule has 0 bridgehead atoms. The summed E-state index contributed by atoms with van der Waals surface area (Å²) in [6.07, 6.45) is 3.64. The van der Waals surface area contributed by atoms with E-state index >= 15 is 0 Å². The molecule has 0 nitrogen and oxygen atoms in total. The fraction of sp³-hybridized carbons (Fsp3) is 0.812. The molecule has 0 aromatic rings. The summed E-state index contributed by atoms with van der Waals surface area (Å²) in [6.45, 7) is 26.8. The van der Waals surface area contributed by atoms with E-state index in [4.69, 9.17) is 0 Å². The van der Waals surface area contributed by atoms with Gasteiger partial charge in [0.05, 0.1) is 0 Å². The van der Waals surface area contributed by atoms with Crippen LogP contribution in [-0.2, 0) is 20.4 Å². The average Bonchev–Trinajstić information content (AvgIpc) is 1.95. The first-order chi connectivity index (χ1) is 7.28. The summed E-state index contributed by atoms with van der Waals surface area (Å²) < 4.78 is 0. The van der Waals surface area contributed by atoms with Crippen LogP contribution < -0.4 is 12.4 Å². The van der Waals surface area contributed by atoms with Crippen LogP contribution >= 0.6 is 7.92 Å². The van der Waals surface area contributed by atoms with Crippen LogP contribution in [0.5, 0.6) is 0 Å². The standard InChI is InChI=1S/C12H27P.C4H7.ClH.Pd/c1-10(2,3)13(11(4,5)6)12(7,8)9;1-3-4-2;;/h1-9H3;3-4H,1H2,2H3;1H;/p-1/b;4-3+;;. The Bertz CT molecular complexity index is 191. The summed E-state index contributed by atoms with van der Waals surface area (Å²) in [5.74, 6) is 0. The molecule has 0 saturated heterocycles. The molecule has 0 rings (SSSR count). The molecule has 0 aliphatic carbocycles. The van der Waals surface area contributed by atoms with Crippen molar-refractivity contribution in [2.24, 2.45) is 0 Å². The second-order valence-corrected chi connectivity index (χ2v) is 12.1. The van der Waals surface area contributed by atoms with Gasteiger partial charge in [-0.2, -0.15) is 0 Å². The first kappa shape index (κ1) is 28.3. The number of hydrogen-bond donors (Lipinski definition) is 0. The van der Waals surface area contributed by atoms with Crippen molar-refractivity contribution in [2.45, 2.75) is 84.7 Å². The molecule has 1 radical (unpaired) electrons. The molecule has 0 spiro atoms. The van der Waals surface area contributed by atoms with Gasteiger partial charge in [-0.25, -0.2) is 0 Å². The minimum Gasteiger partial charge on any atom is -1.00 e. The first-order valence-electron chi connectivity index (χ1n) is 6.49. The van der Waals surface area contributed by atoms with Crippen molar-refractivity contribution in [3.8, 4) is 0 Å².